The zero-order chi connectivity index (χ0) is 14.1. The van der Waals surface area contributed by atoms with Crippen molar-refractivity contribution in [2.24, 2.45) is 11.7 Å². The maximum absolute atomic E-state index is 11.6. The third kappa shape index (κ3) is 8.34. The van der Waals surface area contributed by atoms with Crippen LogP contribution in [0.1, 0.15) is 26.7 Å². The van der Waals surface area contributed by atoms with Crippen molar-refractivity contribution in [2.75, 3.05) is 6.54 Å². The predicted molar refractivity (Wildman–Crippen MR) is 64.4 cm³/mol. The first-order chi connectivity index (χ1) is 8.32. The van der Waals surface area contributed by atoms with E-state index in [1.54, 1.807) is 0 Å². The van der Waals surface area contributed by atoms with Gasteiger partial charge in [-0.3, -0.25) is 15.0 Å². The van der Waals surface area contributed by atoms with Gasteiger partial charge in [-0.05, 0) is 12.3 Å². The Morgan fingerprint density at radius 3 is 2.33 bits per heavy atom. The first-order valence-corrected chi connectivity index (χ1v) is 5.63. The molecule has 0 rings (SSSR count). The van der Waals surface area contributed by atoms with Gasteiger partial charge in [0.2, 0.25) is 5.91 Å². The molecule has 0 spiro atoms. The Balaban J connectivity index is 4.12. The molecule has 0 aromatic heterocycles. The lowest BCUT2D eigenvalue weighted by Gasteiger charge is -2.18. The van der Waals surface area contributed by atoms with Crippen LogP contribution in [-0.4, -0.2) is 35.6 Å². The van der Waals surface area contributed by atoms with E-state index in [-0.39, 0.29) is 18.9 Å². The van der Waals surface area contributed by atoms with Crippen LogP contribution < -0.4 is 21.9 Å². The lowest BCUT2D eigenvalue weighted by atomic mass is 10.0. The van der Waals surface area contributed by atoms with Gasteiger partial charge in [-0.2, -0.15) is 0 Å². The Kier molecular flexibility index (Phi) is 7.45. The Hall–Kier alpha value is -1.83. The highest BCUT2D eigenvalue weighted by molar-refractivity contribution is 5.84. The van der Waals surface area contributed by atoms with Gasteiger partial charge < -0.3 is 16.2 Å². The molecule has 3 amide bonds. The lowest BCUT2D eigenvalue weighted by molar-refractivity contribution is -0.125. The Morgan fingerprint density at radius 2 is 1.89 bits per heavy atom. The average Bonchev–Trinajstić information content (AvgIpc) is 2.21. The number of carbonyl (C=O) groups excluding carboxylic acids is 2. The fourth-order valence-electron chi connectivity index (χ4n) is 1.27. The number of primary amides is 1. The topological polar surface area (TPSA) is 134 Å². The summed E-state index contributed by atoms with van der Waals surface area (Å²) in [5.41, 5.74) is 9.76. The molecule has 104 valence electrons. The molecule has 0 aliphatic heterocycles. The summed E-state index contributed by atoms with van der Waals surface area (Å²) < 4.78 is 0. The van der Waals surface area contributed by atoms with Crippen LogP contribution in [0.5, 0.6) is 0 Å². The van der Waals surface area contributed by atoms with Crippen molar-refractivity contribution < 1.29 is 19.5 Å². The van der Waals surface area contributed by atoms with Crippen molar-refractivity contribution in [2.45, 2.75) is 32.7 Å². The molecule has 0 saturated heterocycles. The number of hydrogen-bond donors (Lipinski definition) is 5. The van der Waals surface area contributed by atoms with Crippen molar-refractivity contribution in [3.63, 3.8) is 0 Å². The van der Waals surface area contributed by atoms with Crippen molar-refractivity contribution >= 4 is 17.9 Å². The standard InChI is InChI=1S/C10H20N4O4/c1-6(2)5-7(13-10(17)18)9(16)14-12-4-3-8(11)15/h6-7,12-13H,3-5H2,1-2H3,(H2,11,15)(H,14,16)(H,17,18)/t7-/m0/s1. The molecule has 0 fully saturated rings. The zero-order valence-corrected chi connectivity index (χ0v) is 10.5. The minimum atomic E-state index is -1.26. The molecule has 0 radical (unpaired) electrons. The molecule has 0 unspecified atom stereocenters. The highest BCUT2D eigenvalue weighted by Crippen LogP contribution is 2.04. The third-order valence-electron chi connectivity index (χ3n) is 2.03. The number of hydrogen-bond acceptors (Lipinski definition) is 4. The highest BCUT2D eigenvalue weighted by atomic mass is 16.4. The van der Waals surface area contributed by atoms with Crippen molar-refractivity contribution in [3.8, 4) is 0 Å². The summed E-state index contributed by atoms with van der Waals surface area (Å²) >= 11 is 0. The molecule has 0 aliphatic rings. The van der Waals surface area contributed by atoms with Crippen LogP contribution in [0.15, 0.2) is 0 Å². The molecule has 0 heterocycles. The number of rotatable bonds is 8. The van der Waals surface area contributed by atoms with Crippen LogP contribution in [0.4, 0.5) is 4.79 Å². The summed E-state index contributed by atoms with van der Waals surface area (Å²) in [7, 11) is 0. The molecule has 0 saturated carbocycles. The molecule has 0 bridgehead atoms. The third-order valence-corrected chi connectivity index (χ3v) is 2.03. The second-order valence-corrected chi connectivity index (χ2v) is 4.26. The van der Waals surface area contributed by atoms with Gasteiger partial charge in [0.1, 0.15) is 6.04 Å². The Labute approximate surface area is 105 Å². The van der Waals surface area contributed by atoms with E-state index in [1.807, 2.05) is 13.8 Å². The summed E-state index contributed by atoms with van der Waals surface area (Å²) in [4.78, 5) is 32.6. The predicted octanol–water partition coefficient (Wildman–Crippen LogP) is -0.835. The number of carbonyl (C=O) groups is 3. The number of amides is 3. The summed E-state index contributed by atoms with van der Waals surface area (Å²) in [6.45, 7) is 3.96. The lowest BCUT2D eigenvalue weighted by Crippen LogP contribution is -2.51. The molecule has 18 heavy (non-hydrogen) atoms. The van der Waals surface area contributed by atoms with Crippen LogP contribution in [0.3, 0.4) is 0 Å². The SMILES string of the molecule is CC(C)C[C@H](NC(=O)O)C(=O)NNCCC(N)=O. The smallest absolute Gasteiger partial charge is 0.405 e. The minimum Gasteiger partial charge on any atom is -0.465 e. The van der Waals surface area contributed by atoms with Crippen molar-refractivity contribution in [3.05, 3.63) is 0 Å². The van der Waals surface area contributed by atoms with Gasteiger partial charge in [0, 0.05) is 13.0 Å². The highest BCUT2D eigenvalue weighted by Gasteiger charge is 2.21. The van der Waals surface area contributed by atoms with Crippen LogP contribution in [0.2, 0.25) is 0 Å². The maximum Gasteiger partial charge on any atom is 0.405 e. The van der Waals surface area contributed by atoms with E-state index in [1.165, 1.54) is 0 Å². The van der Waals surface area contributed by atoms with E-state index in [2.05, 4.69) is 16.2 Å². The first-order valence-electron chi connectivity index (χ1n) is 5.63. The van der Waals surface area contributed by atoms with Crippen molar-refractivity contribution in [1.29, 1.82) is 0 Å². The van der Waals surface area contributed by atoms with Crippen LogP contribution >= 0.6 is 0 Å². The van der Waals surface area contributed by atoms with Gasteiger partial charge >= 0.3 is 6.09 Å². The molecule has 6 N–H and O–H groups in total. The van der Waals surface area contributed by atoms with Gasteiger partial charge in [0.05, 0.1) is 0 Å². The molecule has 1 atom stereocenters. The summed E-state index contributed by atoms with van der Waals surface area (Å²) in [5.74, 6) is -0.812. The van der Waals surface area contributed by atoms with E-state index < -0.39 is 23.9 Å². The number of hydrazine groups is 1. The quantitative estimate of drug-likeness (QED) is 0.287. The molecular weight excluding hydrogens is 240 g/mol. The van der Waals surface area contributed by atoms with Gasteiger partial charge in [-0.25, -0.2) is 10.2 Å². The molecule has 0 aromatic carbocycles. The van der Waals surface area contributed by atoms with Crippen LogP contribution in [-0.2, 0) is 9.59 Å². The number of carboxylic acid groups (broad SMARTS) is 1. The van der Waals surface area contributed by atoms with Crippen LogP contribution in [0, 0.1) is 5.92 Å². The van der Waals surface area contributed by atoms with Gasteiger partial charge in [-0.15, -0.1) is 0 Å². The second kappa shape index (κ2) is 8.29. The molecular formula is C10H20N4O4. The van der Waals surface area contributed by atoms with Gasteiger partial charge in [0.25, 0.3) is 5.91 Å². The van der Waals surface area contributed by atoms with Gasteiger partial charge in [0.15, 0.2) is 0 Å². The zero-order valence-electron chi connectivity index (χ0n) is 10.5. The van der Waals surface area contributed by atoms with E-state index in [0.717, 1.165) is 0 Å². The Bertz CT molecular complexity index is 306. The van der Waals surface area contributed by atoms with E-state index >= 15 is 0 Å². The monoisotopic (exact) mass is 260 g/mol. The van der Waals surface area contributed by atoms with E-state index in [0.29, 0.717) is 6.42 Å². The largest absolute Gasteiger partial charge is 0.465 e. The molecule has 0 aliphatic carbocycles. The first kappa shape index (κ1) is 16.2. The number of nitrogens with two attached hydrogens (primary N) is 1. The molecule has 0 aromatic rings. The normalized spacial score (nSPS) is 11.9. The van der Waals surface area contributed by atoms with Crippen LogP contribution in [0.25, 0.3) is 0 Å². The fraction of sp³-hybridized carbons (Fsp3) is 0.700. The van der Waals surface area contributed by atoms with E-state index in [9.17, 15) is 14.4 Å². The Morgan fingerprint density at radius 1 is 1.28 bits per heavy atom. The second-order valence-electron chi connectivity index (χ2n) is 4.26. The molecule has 8 heteroatoms. The average molecular weight is 260 g/mol. The number of nitrogens with one attached hydrogen (secondary N) is 3. The minimum absolute atomic E-state index is 0.0848. The van der Waals surface area contributed by atoms with E-state index in [4.69, 9.17) is 10.8 Å². The maximum atomic E-state index is 11.6. The van der Waals surface area contributed by atoms with Gasteiger partial charge in [-0.1, -0.05) is 13.8 Å². The molecule has 8 nitrogen and oxygen atoms in total. The fourth-order valence-corrected chi connectivity index (χ4v) is 1.27. The summed E-state index contributed by atoms with van der Waals surface area (Å²) in [6, 6.07) is -0.830. The summed E-state index contributed by atoms with van der Waals surface area (Å²) in [6.07, 6.45) is -0.787. The van der Waals surface area contributed by atoms with Crippen molar-refractivity contribution in [1.82, 2.24) is 16.2 Å². The summed E-state index contributed by atoms with van der Waals surface area (Å²) in [5, 5.41) is 10.8.